The molecule has 0 bridgehead atoms. The molecule has 1 aromatic carbocycles. The van der Waals surface area contributed by atoms with Gasteiger partial charge in [-0.3, -0.25) is 0 Å². The van der Waals surface area contributed by atoms with E-state index in [0.29, 0.717) is 0 Å². The second-order valence-corrected chi connectivity index (χ2v) is 5.78. The van der Waals surface area contributed by atoms with Crippen LogP contribution in [-0.2, 0) is 0 Å². The molecular weight excluding hydrogens is 266 g/mol. The molecule has 0 saturated heterocycles. The maximum Gasteiger partial charge on any atom is 0.0954 e. The first-order valence-electron chi connectivity index (χ1n) is 6.63. The van der Waals surface area contributed by atoms with Gasteiger partial charge in [-0.1, -0.05) is 36.4 Å². The van der Waals surface area contributed by atoms with E-state index in [1.165, 1.54) is 4.88 Å². The van der Waals surface area contributed by atoms with Crippen molar-refractivity contribution in [2.24, 2.45) is 5.73 Å². The molecule has 2 heterocycles. The van der Waals surface area contributed by atoms with Crippen LogP contribution in [0.1, 0.15) is 35.1 Å². The molecule has 2 aromatic heterocycles. The maximum atomic E-state index is 6.40. The predicted octanol–water partition coefficient (Wildman–Crippen LogP) is 3.60. The van der Waals surface area contributed by atoms with Crippen molar-refractivity contribution in [2.45, 2.75) is 19.0 Å². The second kappa shape index (κ2) is 5.61. The van der Waals surface area contributed by atoms with E-state index >= 15 is 0 Å². The minimum atomic E-state index is -0.152. The molecule has 0 aliphatic rings. The summed E-state index contributed by atoms with van der Waals surface area (Å²) in [5, 5.41) is 2.10. The predicted molar refractivity (Wildman–Crippen MR) is 82.8 cm³/mol. The van der Waals surface area contributed by atoms with E-state index < -0.39 is 0 Å². The highest BCUT2D eigenvalue weighted by atomic mass is 32.1. The summed E-state index contributed by atoms with van der Waals surface area (Å²) >= 11 is 1.76. The molecule has 4 heteroatoms. The Morgan fingerprint density at radius 2 is 1.95 bits per heavy atom. The van der Waals surface area contributed by atoms with Crippen LogP contribution in [0.4, 0.5) is 0 Å². The molecule has 2 unspecified atom stereocenters. The summed E-state index contributed by atoms with van der Waals surface area (Å²) in [6.07, 6.45) is 3.73. The number of hydrogen-bond acceptors (Lipinski definition) is 3. The van der Waals surface area contributed by atoms with E-state index in [2.05, 4.69) is 46.1 Å². The Morgan fingerprint density at radius 3 is 2.65 bits per heavy atom. The normalized spacial score (nSPS) is 14.1. The van der Waals surface area contributed by atoms with Crippen molar-refractivity contribution in [3.8, 4) is 0 Å². The third-order valence-electron chi connectivity index (χ3n) is 3.55. The van der Waals surface area contributed by atoms with Crippen molar-refractivity contribution in [2.75, 3.05) is 0 Å². The van der Waals surface area contributed by atoms with Crippen LogP contribution in [0.25, 0.3) is 0 Å². The van der Waals surface area contributed by atoms with Crippen LogP contribution < -0.4 is 5.73 Å². The van der Waals surface area contributed by atoms with Crippen molar-refractivity contribution in [1.82, 2.24) is 9.55 Å². The Bertz CT molecular complexity index is 658. The van der Waals surface area contributed by atoms with Crippen LogP contribution >= 0.6 is 11.3 Å². The first-order valence-corrected chi connectivity index (χ1v) is 7.51. The zero-order valence-corrected chi connectivity index (χ0v) is 12.1. The molecule has 0 fully saturated rings. The third kappa shape index (κ3) is 2.40. The molecule has 0 saturated carbocycles. The van der Waals surface area contributed by atoms with Gasteiger partial charge in [0.15, 0.2) is 0 Å². The minimum absolute atomic E-state index is 0.152. The average molecular weight is 283 g/mol. The number of hydrogen-bond donors (Lipinski definition) is 1. The van der Waals surface area contributed by atoms with Gasteiger partial charge < -0.3 is 10.3 Å². The Hall–Kier alpha value is -1.91. The standard InChI is InChI=1S/C16H17N3S/c1-12(15-8-5-9-20-15)19-11-18-10-14(19)16(17)13-6-3-2-4-7-13/h2-12,16H,17H2,1H3. The molecule has 0 spiro atoms. The summed E-state index contributed by atoms with van der Waals surface area (Å²) in [7, 11) is 0. The van der Waals surface area contributed by atoms with E-state index in [0.717, 1.165) is 11.3 Å². The van der Waals surface area contributed by atoms with Crippen LogP contribution in [0.3, 0.4) is 0 Å². The maximum absolute atomic E-state index is 6.40. The third-order valence-corrected chi connectivity index (χ3v) is 4.59. The molecule has 0 amide bonds. The van der Waals surface area contributed by atoms with Crippen molar-refractivity contribution < 1.29 is 0 Å². The lowest BCUT2D eigenvalue weighted by Crippen LogP contribution is -2.18. The fourth-order valence-electron chi connectivity index (χ4n) is 2.38. The van der Waals surface area contributed by atoms with E-state index in [4.69, 9.17) is 5.73 Å². The van der Waals surface area contributed by atoms with Crippen LogP contribution in [0.2, 0.25) is 0 Å². The van der Waals surface area contributed by atoms with Crippen LogP contribution in [-0.4, -0.2) is 9.55 Å². The number of benzene rings is 1. The van der Waals surface area contributed by atoms with Gasteiger partial charge in [0.2, 0.25) is 0 Å². The molecule has 3 aromatic rings. The molecular formula is C16H17N3S. The Kier molecular flexibility index (Phi) is 3.67. The number of imidazole rings is 1. The van der Waals surface area contributed by atoms with E-state index in [1.807, 2.05) is 30.7 Å². The lowest BCUT2D eigenvalue weighted by molar-refractivity contribution is 0.599. The minimum Gasteiger partial charge on any atom is -0.325 e. The van der Waals surface area contributed by atoms with Gasteiger partial charge >= 0.3 is 0 Å². The number of thiophene rings is 1. The molecule has 2 N–H and O–H groups in total. The van der Waals surface area contributed by atoms with Gasteiger partial charge in [-0.25, -0.2) is 4.98 Å². The highest BCUT2D eigenvalue weighted by Gasteiger charge is 2.18. The largest absolute Gasteiger partial charge is 0.325 e. The summed E-state index contributed by atoms with van der Waals surface area (Å²) < 4.78 is 2.16. The van der Waals surface area contributed by atoms with Gasteiger partial charge in [0.1, 0.15) is 0 Å². The number of nitrogens with two attached hydrogens (primary N) is 1. The molecule has 2 atom stereocenters. The second-order valence-electron chi connectivity index (χ2n) is 4.81. The van der Waals surface area contributed by atoms with Gasteiger partial charge in [-0.15, -0.1) is 11.3 Å². The van der Waals surface area contributed by atoms with Crippen molar-refractivity contribution in [3.05, 3.63) is 76.5 Å². The quantitative estimate of drug-likeness (QED) is 0.795. The Balaban J connectivity index is 1.94. The molecule has 102 valence electrons. The first kappa shape index (κ1) is 13.1. The van der Waals surface area contributed by atoms with Crippen molar-refractivity contribution in [3.63, 3.8) is 0 Å². The van der Waals surface area contributed by atoms with Gasteiger partial charge in [0, 0.05) is 4.88 Å². The Morgan fingerprint density at radius 1 is 1.15 bits per heavy atom. The van der Waals surface area contributed by atoms with Crippen molar-refractivity contribution >= 4 is 11.3 Å². The van der Waals surface area contributed by atoms with Crippen LogP contribution in [0, 0.1) is 0 Å². The molecule has 0 radical (unpaired) electrons. The SMILES string of the molecule is CC(c1cccs1)n1cncc1C(N)c1ccccc1. The summed E-state index contributed by atoms with van der Waals surface area (Å²) in [5.74, 6) is 0. The van der Waals surface area contributed by atoms with Gasteiger partial charge in [-0.2, -0.15) is 0 Å². The summed E-state index contributed by atoms with van der Waals surface area (Å²) in [5.41, 5.74) is 8.54. The lowest BCUT2D eigenvalue weighted by Gasteiger charge is -2.19. The molecule has 0 aliphatic heterocycles. The molecule has 3 nitrogen and oxygen atoms in total. The monoisotopic (exact) mass is 283 g/mol. The highest BCUT2D eigenvalue weighted by Crippen LogP contribution is 2.27. The molecule has 20 heavy (non-hydrogen) atoms. The number of nitrogens with zero attached hydrogens (tertiary/aromatic N) is 2. The van der Waals surface area contributed by atoms with E-state index in [1.54, 1.807) is 11.3 Å². The lowest BCUT2D eigenvalue weighted by atomic mass is 10.0. The zero-order chi connectivity index (χ0) is 13.9. The molecule has 0 aliphatic carbocycles. The Labute approximate surface area is 122 Å². The average Bonchev–Trinajstić information content (AvgIpc) is 3.18. The van der Waals surface area contributed by atoms with Crippen molar-refractivity contribution in [1.29, 1.82) is 0 Å². The summed E-state index contributed by atoms with van der Waals surface area (Å²) in [6, 6.07) is 14.5. The fourth-order valence-corrected chi connectivity index (χ4v) is 3.16. The van der Waals surface area contributed by atoms with E-state index in [-0.39, 0.29) is 12.1 Å². The topological polar surface area (TPSA) is 43.8 Å². The highest BCUT2D eigenvalue weighted by molar-refractivity contribution is 7.10. The van der Waals surface area contributed by atoms with E-state index in [9.17, 15) is 0 Å². The molecule has 3 rings (SSSR count). The number of rotatable bonds is 4. The van der Waals surface area contributed by atoms with Crippen LogP contribution in [0.5, 0.6) is 0 Å². The smallest absolute Gasteiger partial charge is 0.0954 e. The van der Waals surface area contributed by atoms with Gasteiger partial charge in [0.05, 0.1) is 30.3 Å². The summed E-state index contributed by atoms with van der Waals surface area (Å²) in [6.45, 7) is 2.18. The number of aromatic nitrogens is 2. The van der Waals surface area contributed by atoms with Crippen LogP contribution in [0.15, 0.2) is 60.4 Å². The van der Waals surface area contributed by atoms with Gasteiger partial charge in [0.25, 0.3) is 0 Å². The summed E-state index contributed by atoms with van der Waals surface area (Å²) in [4.78, 5) is 5.60. The fraction of sp³-hybridized carbons (Fsp3) is 0.188. The van der Waals surface area contributed by atoms with Gasteiger partial charge in [-0.05, 0) is 23.9 Å². The first-order chi connectivity index (χ1) is 9.77. The zero-order valence-electron chi connectivity index (χ0n) is 11.3.